The molecule has 49 heavy (non-hydrogen) atoms. The first kappa shape index (κ1) is 28.3. The molecule has 1 aliphatic carbocycles. The van der Waals surface area contributed by atoms with Crippen LogP contribution in [-0.2, 0) is 5.41 Å². The third kappa shape index (κ3) is 4.38. The normalized spacial score (nSPS) is 13.3. The number of thiophene rings is 1. The summed E-state index contributed by atoms with van der Waals surface area (Å²) >= 11 is 1.88. The SMILES string of the molecule is CC1(C)c2ccccc2-c2c(N(c3ccc(-c4ccc5ccccc5c4)cc3)c3ccc4cc5c(cc4c3)sc3ccccc35)cccc21. The number of nitrogens with zero attached hydrogens (tertiary/aromatic N) is 1. The Kier molecular flexibility index (Phi) is 6.16. The molecule has 0 saturated carbocycles. The van der Waals surface area contributed by atoms with Crippen LogP contribution in [0, 0.1) is 0 Å². The quantitative estimate of drug-likeness (QED) is 0.184. The molecule has 2 heteroatoms. The standard InChI is InChI=1S/C47H33NS/c1-47(2)41-14-7-5-13-39(41)46-42(47)15-9-16-43(46)48(36-23-20-31(21-24-36)33-19-18-30-10-3-4-11-32(30)26-33)37-25-22-34-28-40-38-12-6-8-17-44(38)49-45(40)29-35(34)27-37/h3-29H,1-2H3. The Bertz CT molecular complexity index is 2750. The predicted molar refractivity (Wildman–Crippen MR) is 212 cm³/mol. The van der Waals surface area contributed by atoms with Gasteiger partial charge in [-0.25, -0.2) is 0 Å². The molecule has 1 aliphatic rings. The second kappa shape index (κ2) is 10.7. The third-order valence-electron chi connectivity index (χ3n) is 10.6. The van der Waals surface area contributed by atoms with Crippen molar-refractivity contribution in [2.45, 2.75) is 19.3 Å². The van der Waals surface area contributed by atoms with Gasteiger partial charge in [-0.05, 0) is 104 Å². The van der Waals surface area contributed by atoms with Crippen LogP contribution in [0.1, 0.15) is 25.0 Å². The summed E-state index contributed by atoms with van der Waals surface area (Å²) in [7, 11) is 0. The minimum atomic E-state index is -0.0796. The summed E-state index contributed by atoms with van der Waals surface area (Å²) in [5, 5.41) is 7.71. The van der Waals surface area contributed by atoms with Crippen LogP contribution in [0.25, 0.3) is 64.0 Å². The van der Waals surface area contributed by atoms with Crippen molar-refractivity contribution in [3.63, 3.8) is 0 Å². The van der Waals surface area contributed by atoms with Crippen molar-refractivity contribution in [1.29, 1.82) is 0 Å². The van der Waals surface area contributed by atoms with Crippen LogP contribution in [0.3, 0.4) is 0 Å². The average Bonchev–Trinajstić information content (AvgIpc) is 3.62. The molecule has 0 saturated heterocycles. The number of anilines is 3. The van der Waals surface area contributed by atoms with Crippen molar-refractivity contribution in [3.8, 4) is 22.3 Å². The van der Waals surface area contributed by atoms with E-state index >= 15 is 0 Å². The van der Waals surface area contributed by atoms with Crippen molar-refractivity contribution in [1.82, 2.24) is 0 Å². The summed E-state index contributed by atoms with van der Waals surface area (Å²) in [6.45, 7) is 4.72. The zero-order chi connectivity index (χ0) is 32.7. The Hall–Kier alpha value is -5.70. The highest BCUT2D eigenvalue weighted by molar-refractivity contribution is 7.25. The molecular weight excluding hydrogens is 611 g/mol. The van der Waals surface area contributed by atoms with E-state index in [0.717, 1.165) is 11.4 Å². The fraction of sp³-hybridized carbons (Fsp3) is 0.0638. The summed E-state index contributed by atoms with van der Waals surface area (Å²) in [5.41, 5.74) is 11.3. The lowest BCUT2D eigenvalue weighted by Gasteiger charge is -2.29. The highest BCUT2D eigenvalue weighted by Gasteiger charge is 2.37. The highest BCUT2D eigenvalue weighted by Crippen LogP contribution is 2.54. The first-order valence-electron chi connectivity index (χ1n) is 17.0. The zero-order valence-electron chi connectivity index (χ0n) is 27.4. The minimum absolute atomic E-state index is 0.0796. The molecule has 0 amide bonds. The van der Waals surface area contributed by atoms with E-state index in [9.17, 15) is 0 Å². The maximum absolute atomic E-state index is 2.47. The van der Waals surface area contributed by atoms with Gasteiger partial charge in [0.05, 0.1) is 5.69 Å². The lowest BCUT2D eigenvalue weighted by molar-refractivity contribution is 0.660. The molecule has 0 radical (unpaired) electrons. The molecule has 0 aliphatic heterocycles. The van der Waals surface area contributed by atoms with Crippen LogP contribution < -0.4 is 4.90 Å². The van der Waals surface area contributed by atoms with Gasteiger partial charge in [0.25, 0.3) is 0 Å². The van der Waals surface area contributed by atoms with E-state index in [1.54, 1.807) is 0 Å². The fourth-order valence-electron chi connectivity index (χ4n) is 8.12. The summed E-state index contributed by atoms with van der Waals surface area (Å²) in [5.74, 6) is 0. The van der Waals surface area contributed by atoms with Crippen LogP contribution in [0.5, 0.6) is 0 Å². The molecule has 0 fully saturated rings. The van der Waals surface area contributed by atoms with Crippen molar-refractivity contribution in [3.05, 3.63) is 175 Å². The second-order valence-corrected chi connectivity index (χ2v) is 14.9. The number of benzene rings is 8. The van der Waals surface area contributed by atoms with Gasteiger partial charge in [0.15, 0.2) is 0 Å². The van der Waals surface area contributed by atoms with E-state index in [1.165, 1.54) is 80.8 Å². The van der Waals surface area contributed by atoms with Gasteiger partial charge in [-0.15, -0.1) is 11.3 Å². The van der Waals surface area contributed by atoms with Gasteiger partial charge in [-0.1, -0.05) is 123 Å². The molecule has 1 aromatic heterocycles. The fourth-order valence-corrected chi connectivity index (χ4v) is 9.25. The maximum atomic E-state index is 2.47. The summed E-state index contributed by atoms with van der Waals surface area (Å²) in [4.78, 5) is 2.47. The van der Waals surface area contributed by atoms with Gasteiger partial charge in [0.2, 0.25) is 0 Å². The Morgan fingerprint density at radius 2 is 1.14 bits per heavy atom. The van der Waals surface area contributed by atoms with E-state index in [2.05, 4.69) is 183 Å². The number of hydrogen-bond donors (Lipinski definition) is 0. The molecule has 0 N–H and O–H groups in total. The van der Waals surface area contributed by atoms with Crippen LogP contribution in [0.15, 0.2) is 164 Å². The van der Waals surface area contributed by atoms with Crippen molar-refractivity contribution < 1.29 is 0 Å². The van der Waals surface area contributed by atoms with Gasteiger partial charge in [-0.3, -0.25) is 0 Å². The number of hydrogen-bond acceptors (Lipinski definition) is 2. The Balaban J connectivity index is 1.17. The van der Waals surface area contributed by atoms with Gasteiger partial charge < -0.3 is 4.90 Å². The molecular formula is C47H33NS. The average molecular weight is 644 g/mol. The lowest BCUT2D eigenvalue weighted by Crippen LogP contribution is -2.16. The molecule has 232 valence electrons. The monoisotopic (exact) mass is 643 g/mol. The van der Waals surface area contributed by atoms with Crippen LogP contribution in [0.2, 0.25) is 0 Å². The molecule has 0 bridgehead atoms. The van der Waals surface area contributed by atoms with Gasteiger partial charge in [0, 0.05) is 42.5 Å². The molecule has 0 atom stereocenters. The van der Waals surface area contributed by atoms with Crippen molar-refractivity contribution >= 4 is 70.1 Å². The summed E-state index contributed by atoms with van der Waals surface area (Å²) < 4.78 is 2.66. The van der Waals surface area contributed by atoms with Crippen LogP contribution in [0.4, 0.5) is 17.1 Å². The molecule has 9 aromatic rings. The highest BCUT2D eigenvalue weighted by atomic mass is 32.1. The molecule has 0 spiro atoms. The maximum Gasteiger partial charge on any atom is 0.0543 e. The van der Waals surface area contributed by atoms with Gasteiger partial charge in [0.1, 0.15) is 0 Å². The summed E-state index contributed by atoms with van der Waals surface area (Å²) in [6.07, 6.45) is 0. The van der Waals surface area contributed by atoms with Crippen LogP contribution in [-0.4, -0.2) is 0 Å². The molecule has 10 rings (SSSR count). The zero-order valence-corrected chi connectivity index (χ0v) is 28.3. The van der Waals surface area contributed by atoms with E-state index in [-0.39, 0.29) is 5.41 Å². The third-order valence-corrected chi connectivity index (χ3v) is 11.7. The van der Waals surface area contributed by atoms with Crippen molar-refractivity contribution in [2.75, 3.05) is 4.90 Å². The predicted octanol–water partition coefficient (Wildman–Crippen LogP) is 13.8. The number of rotatable bonds is 4. The smallest absolute Gasteiger partial charge is 0.0543 e. The molecule has 1 heterocycles. The molecule has 1 nitrogen and oxygen atoms in total. The largest absolute Gasteiger partial charge is 0.310 e. The topological polar surface area (TPSA) is 3.24 Å². The minimum Gasteiger partial charge on any atom is -0.310 e. The summed E-state index contributed by atoms with van der Waals surface area (Å²) in [6, 6.07) is 60.7. The molecule has 8 aromatic carbocycles. The first-order valence-corrected chi connectivity index (χ1v) is 17.8. The Morgan fingerprint density at radius 3 is 2.04 bits per heavy atom. The lowest BCUT2D eigenvalue weighted by atomic mass is 9.82. The second-order valence-electron chi connectivity index (χ2n) is 13.8. The Labute approximate surface area is 290 Å². The van der Waals surface area contributed by atoms with E-state index < -0.39 is 0 Å². The molecule has 0 unspecified atom stereocenters. The van der Waals surface area contributed by atoms with E-state index in [4.69, 9.17) is 0 Å². The van der Waals surface area contributed by atoms with Crippen molar-refractivity contribution in [2.24, 2.45) is 0 Å². The van der Waals surface area contributed by atoms with Crippen LogP contribution >= 0.6 is 11.3 Å². The van der Waals surface area contributed by atoms with Gasteiger partial charge >= 0.3 is 0 Å². The van der Waals surface area contributed by atoms with Gasteiger partial charge in [-0.2, -0.15) is 0 Å². The Morgan fingerprint density at radius 1 is 0.449 bits per heavy atom. The first-order chi connectivity index (χ1) is 24.0. The van der Waals surface area contributed by atoms with E-state index in [1.807, 2.05) is 11.3 Å². The number of fused-ring (bicyclic) bond motifs is 8. The van der Waals surface area contributed by atoms with E-state index in [0.29, 0.717) is 0 Å².